The Morgan fingerprint density at radius 3 is 2.25 bits per heavy atom. The summed E-state index contributed by atoms with van der Waals surface area (Å²) < 4.78 is 0. The van der Waals surface area contributed by atoms with Crippen molar-refractivity contribution in [2.24, 2.45) is 0 Å². The third-order valence-corrected chi connectivity index (χ3v) is 47.1. The Morgan fingerprint density at radius 2 is 2.25 bits per heavy atom. The second-order valence-corrected chi connectivity index (χ2v) is 33.8. The van der Waals surface area contributed by atoms with E-state index < -0.39 is 0 Å². The maximum absolute atomic E-state index is 2.35. The van der Waals surface area contributed by atoms with Gasteiger partial charge >= 0.3 is 51.7 Å². The van der Waals surface area contributed by atoms with Gasteiger partial charge in [-0.1, -0.05) is 0 Å². The zero-order valence-corrected chi connectivity index (χ0v) is 10.5. The molecule has 0 heterocycles. The van der Waals surface area contributed by atoms with Crippen LogP contribution in [-0.4, -0.2) is 51.7 Å². The third kappa shape index (κ3) is 4.23. The summed E-state index contributed by atoms with van der Waals surface area (Å²) in [5.41, 5.74) is 0. The quantitative estimate of drug-likeness (QED) is 0.466. The Morgan fingerprint density at radius 1 is 2.00 bits per heavy atom. The molecule has 4 heavy (non-hydrogen) atoms. The molecule has 2 unspecified atom stereocenters. The van der Waals surface area contributed by atoms with Crippen molar-refractivity contribution in [2.75, 3.05) is 0 Å². The van der Waals surface area contributed by atoms with E-state index in [1.165, 1.54) is 0 Å². The van der Waals surface area contributed by atoms with Crippen molar-refractivity contribution in [3.05, 3.63) is 0 Å². The van der Waals surface area contributed by atoms with Gasteiger partial charge in [0.2, 0.25) is 0 Å². The van der Waals surface area contributed by atoms with Crippen LogP contribution in [0, 0.1) is 0 Å². The van der Waals surface area contributed by atoms with Crippen molar-refractivity contribution in [1.29, 1.82) is 0 Å². The molecule has 0 nitrogen and oxygen atoms in total. The van der Waals surface area contributed by atoms with E-state index in [4.69, 9.17) is 0 Å². The van der Waals surface area contributed by atoms with E-state index in [-0.39, 0.29) is 0 Å². The van der Waals surface area contributed by atoms with Crippen LogP contribution in [0.5, 0.6) is 0 Å². The number of rotatable bonds is 1. The summed E-state index contributed by atoms with van der Waals surface area (Å²) in [4.78, 5) is 0. The summed E-state index contributed by atoms with van der Waals surface area (Å²) in [5.74, 6) is 0. The monoisotopic (exact) mass is 304 g/mol. The molecule has 0 aliphatic carbocycles. The Labute approximate surface area is 51.0 Å². The van der Waals surface area contributed by atoms with Gasteiger partial charge in [0.25, 0.3) is 0 Å². The molecule has 24 valence electrons. The molecule has 0 aliphatic rings. The summed E-state index contributed by atoms with van der Waals surface area (Å²) in [6, 6.07) is 0. The minimum atomic E-state index is 0.670. The molecular weight excluding hydrogens is 300 g/mol. The van der Waals surface area contributed by atoms with Gasteiger partial charge in [-0.15, -0.1) is 0 Å². The van der Waals surface area contributed by atoms with Crippen molar-refractivity contribution >= 4 is 51.7 Å². The van der Waals surface area contributed by atoms with E-state index in [0.717, 1.165) is 11.1 Å². The fraction of sp³-hybridized carbons (Fsp3) is 0. The number of hydrogen-bond acceptors (Lipinski definition) is 0. The molecule has 0 aromatic heterocycles. The molecule has 0 aliphatic heterocycles. The van der Waals surface area contributed by atoms with E-state index in [2.05, 4.69) is 14.2 Å². The van der Waals surface area contributed by atoms with Gasteiger partial charge in [-0.3, -0.25) is 0 Å². The Hall–Kier alpha value is 2.23. The molecule has 0 N–H and O–H groups in total. The van der Waals surface area contributed by atoms with Gasteiger partial charge in [0.1, 0.15) is 0 Å². The molecule has 0 fully saturated rings. The van der Waals surface area contributed by atoms with Crippen LogP contribution >= 0.6 is 0 Å². The summed E-state index contributed by atoms with van der Waals surface area (Å²) in [5, 5.41) is 0. The van der Waals surface area contributed by atoms with Gasteiger partial charge in [-0.25, -0.2) is 0 Å². The first-order chi connectivity index (χ1) is 1.91. The summed E-state index contributed by atoms with van der Waals surface area (Å²) in [7, 11) is 0. The summed E-state index contributed by atoms with van der Waals surface area (Å²) in [6.45, 7) is 0. The standard InChI is InChI=1S/As4H4/c1-3-4-2/h1,4H,2H2. The van der Waals surface area contributed by atoms with E-state index in [1.807, 2.05) is 14.8 Å². The predicted octanol–water partition coefficient (Wildman–Crippen LogP) is -2.59. The molecule has 0 amide bonds. The molecule has 0 saturated heterocycles. The summed E-state index contributed by atoms with van der Waals surface area (Å²) >= 11 is 5.88. The molecule has 0 aromatic rings. The van der Waals surface area contributed by atoms with E-state index >= 15 is 0 Å². The van der Waals surface area contributed by atoms with E-state index in [1.54, 1.807) is 0 Å². The van der Waals surface area contributed by atoms with Gasteiger partial charge in [0.15, 0.2) is 0 Å². The van der Waals surface area contributed by atoms with E-state index in [9.17, 15) is 0 Å². The molecule has 0 spiro atoms. The van der Waals surface area contributed by atoms with Crippen LogP contribution in [0.25, 0.3) is 0 Å². The first kappa shape index (κ1) is 6.23. The van der Waals surface area contributed by atoms with Gasteiger partial charge in [0, 0.05) is 0 Å². The van der Waals surface area contributed by atoms with Crippen LogP contribution in [-0.2, 0) is 0 Å². The average Bonchev–Trinajstić information content (AvgIpc) is 1.37. The molecule has 0 saturated carbocycles. The molecule has 0 aromatic carbocycles. The van der Waals surface area contributed by atoms with Crippen molar-refractivity contribution < 1.29 is 0 Å². The van der Waals surface area contributed by atoms with Crippen molar-refractivity contribution in [3.8, 4) is 0 Å². The van der Waals surface area contributed by atoms with Gasteiger partial charge in [-0.2, -0.15) is 0 Å². The molecule has 4 heteroatoms. The van der Waals surface area contributed by atoms with Crippen LogP contribution in [0.15, 0.2) is 0 Å². The van der Waals surface area contributed by atoms with Crippen LogP contribution in [0.2, 0.25) is 0 Å². The van der Waals surface area contributed by atoms with Crippen LogP contribution < -0.4 is 0 Å². The Kier molecular flexibility index (Phi) is 8.16. The normalized spacial score (nSPS) is 11.2. The first-order valence-electron chi connectivity index (χ1n) is 0.736. The SMILES string of the molecule is [AsH]=[As][AsH][AsH2]. The van der Waals surface area contributed by atoms with Crippen molar-refractivity contribution in [1.82, 2.24) is 0 Å². The molecule has 0 bridgehead atoms. The molecule has 0 rings (SSSR count). The van der Waals surface area contributed by atoms with Gasteiger partial charge in [0.05, 0.1) is 0 Å². The van der Waals surface area contributed by atoms with E-state index in [0.29, 0.717) is 11.6 Å². The summed E-state index contributed by atoms with van der Waals surface area (Å²) in [6.07, 6.45) is 0. The van der Waals surface area contributed by atoms with Crippen LogP contribution in [0.4, 0.5) is 0 Å². The fourth-order valence-corrected chi connectivity index (χ4v) is 0. The average molecular weight is 304 g/mol. The zero-order chi connectivity index (χ0) is 3.41. The third-order valence-electron chi connectivity index (χ3n) is 0.0645. The number of hydrogen-bond donors (Lipinski definition) is 0. The fourth-order valence-electron chi connectivity index (χ4n) is 0. The molecule has 2 atom stereocenters. The van der Waals surface area contributed by atoms with Crippen molar-refractivity contribution in [2.45, 2.75) is 0 Å². The first-order valence-corrected chi connectivity index (χ1v) is 19.9. The van der Waals surface area contributed by atoms with Gasteiger partial charge in [-0.05, 0) is 0 Å². The van der Waals surface area contributed by atoms with Crippen LogP contribution in [0.1, 0.15) is 0 Å². The Bertz CT molecular complexity index is 14.0. The minimum absolute atomic E-state index is 0.670. The maximum atomic E-state index is 2.35. The second kappa shape index (κ2) is 5.23. The van der Waals surface area contributed by atoms with Gasteiger partial charge < -0.3 is 0 Å². The molecular formula is H4As4. The zero-order valence-electron chi connectivity index (χ0n) is 2.02. The molecule has 0 radical (unpaired) electrons. The Balaban J connectivity index is 2.30. The van der Waals surface area contributed by atoms with Crippen molar-refractivity contribution in [3.63, 3.8) is 0 Å². The topological polar surface area (TPSA) is 0 Å². The second-order valence-electron chi connectivity index (χ2n) is 0.241. The predicted molar refractivity (Wildman–Crippen MR) is 28.6 cm³/mol. The van der Waals surface area contributed by atoms with Crippen LogP contribution in [0.3, 0.4) is 0 Å².